The van der Waals surface area contributed by atoms with Gasteiger partial charge in [-0.3, -0.25) is 10.9 Å². The lowest BCUT2D eigenvalue weighted by atomic mass is 10.3. The van der Waals surface area contributed by atoms with Crippen molar-refractivity contribution >= 4 is 46.1 Å². The first-order chi connectivity index (χ1) is 10.0. The molecule has 21 heavy (non-hydrogen) atoms. The number of rotatable bonds is 8. The van der Waals surface area contributed by atoms with E-state index in [2.05, 4.69) is 31.7 Å². The Morgan fingerprint density at radius 2 is 1.57 bits per heavy atom. The van der Waals surface area contributed by atoms with Crippen LogP contribution in [0.1, 0.15) is 6.92 Å². The van der Waals surface area contributed by atoms with Gasteiger partial charge in [-0.1, -0.05) is 0 Å². The van der Waals surface area contributed by atoms with Gasteiger partial charge in [0.1, 0.15) is 5.71 Å². The summed E-state index contributed by atoms with van der Waals surface area (Å²) in [5, 5.41) is 14.6. The molecule has 0 aliphatic heterocycles. The zero-order chi connectivity index (χ0) is 16.1. The maximum absolute atomic E-state index is 5.44. The van der Waals surface area contributed by atoms with Gasteiger partial charge < -0.3 is 20.1 Å². The number of nitrogens with zero attached hydrogens (tertiary/aromatic N) is 2. The van der Waals surface area contributed by atoms with E-state index in [1.54, 1.807) is 28.1 Å². The fraction of sp³-hybridized carbons (Fsp3) is 0.636. The highest BCUT2D eigenvalue weighted by molar-refractivity contribution is 7.80. The van der Waals surface area contributed by atoms with Crippen LogP contribution in [-0.2, 0) is 9.47 Å². The average Bonchev–Trinajstić information content (AvgIpc) is 2.50. The van der Waals surface area contributed by atoms with Gasteiger partial charge >= 0.3 is 0 Å². The zero-order valence-corrected chi connectivity index (χ0v) is 14.3. The molecule has 0 aromatic heterocycles. The number of thiocarbonyl (C=S) groups is 2. The normalized spacial score (nSPS) is 11.8. The van der Waals surface area contributed by atoms with E-state index in [0.29, 0.717) is 34.9 Å². The summed E-state index contributed by atoms with van der Waals surface area (Å²) in [6.07, 6.45) is 0. The van der Waals surface area contributed by atoms with Gasteiger partial charge in [-0.2, -0.15) is 10.2 Å². The molecule has 0 saturated carbocycles. The second-order valence-corrected chi connectivity index (χ2v) is 4.50. The van der Waals surface area contributed by atoms with Gasteiger partial charge in [0, 0.05) is 21.2 Å². The third kappa shape index (κ3) is 10.1. The average molecular weight is 334 g/mol. The minimum Gasteiger partial charge on any atom is -0.382 e. The van der Waals surface area contributed by atoms with Crippen LogP contribution in [0.3, 0.4) is 0 Å². The van der Waals surface area contributed by atoms with Crippen LogP contribution in [0.4, 0.5) is 0 Å². The second kappa shape index (κ2) is 12.4. The highest BCUT2D eigenvalue weighted by Gasteiger charge is 2.06. The van der Waals surface area contributed by atoms with Crippen molar-refractivity contribution in [2.24, 2.45) is 10.2 Å². The van der Waals surface area contributed by atoms with Crippen LogP contribution < -0.4 is 21.5 Å². The summed E-state index contributed by atoms with van der Waals surface area (Å²) in [7, 11) is 5.02. The second-order valence-electron chi connectivity index (χ2n) is 3.68. The third-order valence-electron chi connectivity index (χ3n) is 2.16. The molecular weight excluding hydrogens is 312 g/mol. The molecule has 0 bridgehead atoms. The molecule has 0 aromatic carbocycles. The number of hydrogen-bond acceptors (Lipinski definition) is 6. The summed E-state index contributed by atoms with van der Waals surface area (Å²) in [5.74, 6) is 0. The maximum Gasteiger partial charge on any atom is 0.186 e. The number of hydrazone groups is 2. The van der Waals surface area contributed by atoms with Crippen molar-refractivity contribution in [1.82, 2.24) is 21.5 Å². The lowest BCUT2D eigenvalue weighted by Gasteiger charge is -2.09. The van der Waals surface area contributed by atoms with E-state index < -0.39 is 0 Å². The first-order valence-electron chi connectivity index (χ1n) is 6.18. The van der Waals surface area contributed by atoms with Gasteiger partial charge in [-0.15, -0.1) is 0 Å². The van der Waals surface area contributed by atoms with Crippen molar-refractivity contribution in [3.63, 3.8) is 0 Å². The van der Waals surface area contributed by atoms with E-state index in [1.165, 1.54) is 0 Å². The number of hydrogen-bond donors (Lipinski definition) is 4. The largest absolute Gasteiger partial charge is 0.382 e. The molecule has 0 unspecified atom stereocenters. The molecule has 4 N–H and O–H groups in total. The quantitative estimate of drug-likeness (QED) is 0.206. The molecule has 120 valence electrons. The Morgan fingerprint density at radius 1 is 1.00 bits per heavy atom. The summed E-state index contributed by atoms with van der Waals surface area (Å²) < 4.78 is 10.4. The topological polar surface area (TPSA) is 91.3 Å². The van der Waals surface area contributed by atoms with Crippen molar-refractivity contribution in [2.45, 2.75) is 6.92 Å². The van der Waals surface area contributed by atoms with Gasteiger partial charge in [0.25, 0.3) is 0 Å². The molecular formula is C11H22N6O2S2. The van der Waals surface area contributed by atoms with Crippen molar-refractivity contribution in [3.05, 3.63) is 0 Å². The molecule has 0 rings (SSSR count). The summed E-state index contributed by atoms with van der Waals surface area (Å²) in [6, 6.07) is 0. The molecule has 8 nitrogen and oxygen atoms in total. The molecule has 0 aliphatic carbocycles. The summed E-state index contributed by atoms with van der Waals surface area (Å²) in [6.45, 7) is 3.02. The minimum absolute atomic E-state index is 0.270. The van der Waals surface area contributed by atoms with E-state index in [4.69, 9.17) is 33.9 Å². The lowest BCUT2D eigenvalue weighted by Crippen LogP contribution is -2.33. The van der Waals surface area contributed by atoms with Crippen molar-refractivity contribution < 1.29 is 9.47 Å². The maximum atomic E-state index is 5.44. The predicted molar refractivity (Wildman–Crippen MR) is 92.8 cm³/mol. The van der Waals surface area contributed by atoms with Gasteiger partial charge in [0.2, 0.25) is 0 Å². The molecule has 0 aromatic rings. The van der Waals surface area contributed by atoms with E-state index in [-0.39, 0.29) is 6.61 Å². The van der Waals surface area contributed by atoms with E-state index in [1.807, 2.05) is 0 Å². The Hall–Kier alpha value is -1.36. The van der Waals surface area contributed by atoms with Crippen LogP contribution in [0, 0.1) is 0 Å². The van der Waals surface area contributed by atoms with Crippen molar-refractivity contribution in [2.75, 3.05) is 41.0 Å². The van der Waals surface area contributed by atoms with Crippen LogP contribution in [0.5, 0.6) is 0 Å². The fourth-order valence-corrected chi connectivity index (χ4v) is 1.05. The van der Waals surface area contributed by atoms with E-state index in [0.717, 1.165) is 0 Å². The number of ether oxygens (including phenoxy) is 2. The van der Waals surface area contributed by atoms with Crippen LogP contribution >= 0.6 is 24.4 Å². The Kier molecular flexibility index (Phi) is 11.6. The summed E-state index contributed by atoms with van der Waals surface area (Å²) in [4.78, 5) is 0. The van der Waals surface area contributed by atoms with Crippen LogP contribution in [-0.4, -0.2) is 62.7 Å². The van der Waals surface area contributed by atoms with Crippen LogP contribution in [0.25, 0.3) is 0 Å². The molecule has 0 heterocycles. The van der Waals surface area contributed by atoms with Crippen molar-refractivity contribution in [1.29, 1.82) is 0 Å². The van der Waals surface area contributed by atoms with Gasteiger partial charge in [0.15, 0.2) is 10.2 Å². The SMILES string of the molecule is CNC(=S)N/N=C(COCCOC)/C(C)=N/NC(=S)NC. The van der Waals surface area contributed by atoms with E-state index >= 15 is 0 Å². The van der Waals surface area contributed by atoms with Crippen LogP contribution in [0.15, 0.2) is 10.2 Å². The van der Waals surface area contributed by atoms with Gasteiger partial charge in [-0.05, 0) is 31.4 Å². The van der Waals surface area contributed by atoms with E-state index in [9.17, 15) is 0 Å². The highest BCUT2D eigenvalue weighted by Crippen LogP contribution is 1.88. The first-order valence-corrected chi connectivity index (χ1v) is 7.00. The van der Waals surface area contributed by atoms with Gasteiger partial charge in [-0.25, -0.2) is 0 Å². The molecule has 0 saturated heterocycles. The smallest absolute Gasteiger partial charge is 0.186 e. The van der Waals surface area contributed by atoms with Gasteiger partial charge in [0.05, 0.1) is 25.5 Å². The molecule has 0 atom stereocenters. The first kappa shape index (κ1) is 19.6. The molecule has 10 heteroatoms. The monoisotopic (exact) mass is 334 g/mol. The Bertz CT molecular complexity index is 400. The minimum atomic E-state index is 0.270. The molecule has 0 radical (unpaired) electrons. The number of methoxy groups -OCH3 is 1. The molecule has 0 amide bonds. The standard InChI is InChI=1S/C11H22N6O2S2/c1-8(14-16-10(20)12-2)9(7-19-6-5-18-4)15-17-11(21)13-3/h5-7H2,1-4H3,(H2,12,16,20)(H2,13,17,21)/b14-8+,15-9+. The zero-order valence-electron chi connectivity index (χ0n) is 12.6. The van der Waals surface area contributed by atoms with Crippen molar-refractivity contribution in [3.8, 4) is 0 Å². The molecule has 0 fully saturated rings. The predicted octanol–water partition coefficient (Wildman–Crippen LogP) is -0.431. The Labute approximate surface area is 135 Å². The highest BCUT2D eigenvalue weighted by atomic mass is 32.1. The molecule has 0 aliphatic rings. The van der Waals surface area contributed by atoms with Crippen LogP contribution in [0.2, 0.25) is 0 Å². The summed E-state index contributed by atoms with van der Waals surface area (Å²) in [5.41, 5.74) is 6.60. The summed E-state index contributed by atoms with van der Waals surface area (Å²) >= 11 is 9.91. The third-order valence-corrected chi connectivity index (χ3v) is 2.75. The Morgan fingerprint density at radius 3 is 2.10 bits per heavy atom. The lowest BCUT2D eigenvalue weighted by molar-refractivity contribution is 0.0904. The number of nitrogens with one attached hydrogen (secondary N) is 4. The Balaban J connectivity index is 4.68. The molecule has 0 spiro atoms. The fourth-order valence-electron chi connectivity index (χ4n) is 0.958.